The van der Waals surface area contributed by atoms with Crippen molar-refractivity contribution in [2.75, 3.05) is 32.3 Å². The molecule has 0 aromatic heterocycles. The van der Waals surface area contributed by atoms with Crippen LogP contribution in [0, 0.1) is 0 Å². The van der Waals surface area contributed by atoms with E-state index in [0.717, 1.165) is 31.2 Å². The van der Waals surface area contributed by atoms with Gasteiger partial charge in [-0.3, -0.25) is 0 Å². The third-order valence-corrected chi connectivity index (χ3v) is 9.57. The highest BCUT2D eigenvalue weighted by Gasteiger charge is 2.46. The summed E-state index contributed by atoms with van der Waals surface area (Å²) in [4.78, 5) is 0.215. The first kappa shape index (κ1) is 20.7. The van der Waals surface area contributed by atoms with E-state index in [4.69, 9.17) is 9.47 Å². The van der Waals surface area contributed by atoms with Crippen molar-refractivity contribution < 1.29 is 26.3 Å². The smallest absolute Gasteiger partial charge is 0.183 e. The van der Waals surface area contributed by atoms with E-state index >= 15 is 0 Å². The quantitative estimate of drug-likeness (QED) is 0.653. The highest BCUT2D eigenvalue weighted by Crippen LogP contribution is 2.29. The van der Waals surface area contributed by atoms with E-state index in [0.29, 0.717) is 0 Å². The first-order chi connectivity index (χ1) is 12.8. The molecule has 1 aliphatic heterocycles. The molecular weight excluding hydrogens is 390 g/mol. The topological polar surface area (TPSA) is 98.8 Å². The summed E-state index contributed by atoms with van der Waals surface area (Å²) in [6.45, 7) is 0.212. The van der Waals surface area contributed by atoms with Crippen LogP contribution < -0.4 is 5.32 Å². The Hall–Kier alpha value is -1.00. The number of ether oxygens (including phenoxy) is 2. The molecule has 9 heteroatoms. The second-order valence-corrected chi connectivity index (χ2v) is 11.5. The van der Waals surface area contributed by atoms with Crippen LogP contribution in [0.3, 0.4) is 0 Å². The summed E-state index contributed by atoms with van der Waals surface area (Å²) >= 11 is 0. The summed E-state index contributed by atoms with van der Waals surface area (Å²) in [6.07, 6.45) is 3.43. The molecule has 7 nitrogen and oxygen atoms in total. The van der Waals surface area contributed by atoms with E-state index in [9.17, 15) is 16.8 Å². The Morgan fingerprint density at radius 2 is 1.78 bits per heavy atom. The second kappa shape index (κ2) is 8.16. The van der Waals surface area contributed by atoms with E-state index in [-0.39, 0.29) is 22.9 Å². The molecule has 27 heavy (non-hydrogen) atoms. The van der Waals surface area contributed by atoms with Crippen LogP contribution in [0.1, 0.15) is 24.0 Å². The zero-order valence-corrected chi connectivity index (χ0v) is 17.3. The fourth-order valence-corrected chi connectivity index (χ4v) is 8.65. The molecule has 1 aromatic rings. The van der Waals surface area contributed by atoms with Gasteiger partial charge in [-0.15, -0.1) is 0 Å². The number of aryl methyl sites for hydroxylation is 2. The fourth-order valence-electron chi connectivity index (χ4n) is 3.88. The predicted molar refractivity (Wildman–Crippen MR) is 102 cm³/mol. The number of methoxy groups -OCH3 is 2. The van der Waals surface area contributed by atoms with Crippen LogP contribution >= 0.6 is 0 Å². The Balaban J connectivity index is 1.86. The van der Waals surface area contributed by atoms with Crippen LogP contribution in [0.15, 0.2) is 23.1 Å². The standard InChI is InChI=1S/C18H27NO6S2/c1-24-18(25-2)10-19-16-11-26(20,21)12-17(16)27(22,23)15-8-7-13-5-3-4-6-14(13)9-15/h7-9,16-19H,3-6,10-12H2,1-2H3/t16-,17-/m0/s1. The highest BCUT2D eigenvalue weighted by molar-refractivity contribution is 7.96. The number of hydrogen-bond donors (Lipinski definition) is 1. The maximum Gasteiger partial charge on any atom is 0.183 e. The highest BCUT2D eigenvalue weighted by atomic mass is 32.2. The Kier molecular flexibility index (Phi) is 6.27. The van der Waals surface area contributed by atoms with Crippen LogP contribution in [-0.4, -0.2) is 66.7 Å². The van der Waals surface area contributed by atoms with Crippen LogP contribution in [0.5, 0.6) is 0 Å². The van der Waals surface area contributed by atoms with Crippen molar-refractivity contribution in [3.05, 3.63) is 29.3 Å². The first-order valence-electron chi connectivity index (χ1n) is 9.12. The monoisotopic (exact) mass is 417 g/mol. The molecule has 3 rings (SSSR count). The lowest BCUT2D eigenvalue weighted by Crippen LogP contribution is -2.46. The van der Waals surface area contributed by atoms with Gasteiger partial charge in [0.1, 0.15) is 0 Å². The van der Waals surface area contributed by atoms with Crippen LogP contribution in [0.2, 0.25) is 0 Å². The average Bonchev–Trinajstić information content (AvgIpc) is 2.97. The molecule has 0 spiro atoms. The molecule has 0 saturated carbocycles. The Labute approximate surface area is 161 Å². The molecule has 2 atom stereocenters. The number of hydrogen-bond acceptors (Lipinski definition) is 7. The molecule has 1 saturated heterocycles. The molecule has 1 aliphatic carbocycles. The number of fused-ring (bicyclic) bond motifs is 1. The van der Waals surface area contributed by atoms with Gasteiger partial charge in [-0.25, -0.2) is 16.8 Å². The van der Waals surface area contributed by atoms with Gasteiger partial charge in [0.25, 0.3) is 0 Å². The third kappa shape index (κ3) is 4.54. The van der Waals surface area contributed by atoms with Gasteiger partial charge in [0.15, 0.2) is 26.0 Å². The van der Waals surface area contributed by atoms with E-state index in [1.54, 1.807) is 12.1 Å². The lowest BCUT2D eigenvalue weighted by atomic mass is 9.92. The summed E-state index contributed by atoms with van der Waals surface area (Å²) in [7, 11) is -4.27. The lowest BCUT2D eigenvalue weighted by molar-refractivity contribution is -0.0995. The summed E-state index contributed by atoms with van der Waals surface area (Å²) in [5.41, 5.74) is 2.25. The van der Waals surface area contributed by atoms with Gasteiger partial charge < -0.3 is 14.8 Å². The molecule has 1 aromatic carbocycles. The molecule has 0 unspecified atom stereocenters. The average molecular weight is 418 g/mol. The van der Waals surface area contributed by atoms with Crippen LogP contribution in [0.4, 0.5) is 0 Å². The van der Waals surface area contributed by atoms with Crippen molar-refractivity contribution in [3.63, 3.8) is 0 Å². The number of nitrogens with one attached hydrogen (secondary N) is 1. The van der Waals surface area contributed by atoms with E-state index in [1.807, 2.05) is 6.07 Å². The summed E-state index contributed by atoms with van der Waals surface area (Å²) in [5.74, 6) is -0.573. The van der Waals surface area contributed by atoms with E-state index in [2.05, 4.69) is 5.32 Å². The first-order valence-corrected chi connectivity index (χ1v) is 12.5. The molecular formula is C18H27NO6S2. The Bertz CT molecular complexity index is 877. The molecule has 0 bridgehead atoms. The number of rotatable bonds is 7. The van der Waals surface area contributed by atoms with Crippen molar-refractivity contribution in [1.82, 2.24) is 5.32 Å². The van der Waals surface area contributed by atoms with Crippen molar-refractivity contribution in [3.8, 4) is 0 Å². The van der Waals surface area contributed by atoms with E-state index < -0.39 is 37.3 Å². The van der Waals surface area contributed by atoms with Crippen LogP contribution in [-0.2, 0) is 42.0 Å². The molecule has 0 radical (unpaired) electrons. The zero-order chi connectivity index (χ0) is 19.7. The molecule has 0 amide bonds. The van der Waals surface area contributed by atoms with Crippen molar-refractivity contribution >= 4 is 19.7 Å². The molecule has 1 N–H and O–H groups in total. The minimum atomic E-state index is -3.78. The SMILES string of the molecule is COC(CN[C@H]1CS(=O)(=O)C[C@@H]1S(=O)(=O)c1ccc2c(c1)CCCC2)OC. The van der Waals surface area contributed by atoms with Crippen molar-refractivity contribution in [1.29, 1.82) is 0 Å². The molecule has 152 valence electrons. The Morgan fingerprint density at radius 1 is 1.11 bits per heavy atom. The van der Waals surface area contributed by atoms with E-state index in [1.165, 1.54) is 19.8 Å². The second-order valence-electron chi connectivity index (χ2n) is 7.21. The zero-order valence-electron chi connectivity index (χ0n) is 15.7. The summed E-state index contributed by atoms with van der Waals surface area (Å²) in [5, 5.41) is 2.00. The van der Waals surface area contributed by atoms with Gasteiger partial charge in [-0.05, 0) is 48.9 Å². The Morgan fingerprint density at radius 3 is 2.44 bits per heavy atom. The molecule has 1 heterocycles. The van der Waals surface area contributed by atoms with Gasteiger partial charge in [0, 0.05) is 26.8 Å². The predicted octanol–water partition coefficient (Wildman–Crippen LogP) is 0.713. The van der Waals surface area contributed by atoms with Gasteiger partial charge in [0.2, 0.25) is 0 Å². The lowest BCUT2D eigenvalue weighted by Gasteiger charge is -2.23. The third-order valence-electron chi connectivity index (χ3n) is 5.42. The largest absolute Gasteiger partial charge is 0.355 e. The van der Waals surface area contributed by atoms with Gasteiger partial charge in [0.05, 0.1) is 21.7 Å². The van der Waals surface area contributed by atoms with Gasteiger partial charge in [-0.1, -0.05) is 6.07 Å². The van der Waals surface area contributed by atoms with Gasteiger partial charge in [-0.2, -0.15) is 0 Å². The number of sulfone groups is 2. The molecule has 2 aliphatic rings. The maximum absolute atomic E-state index is 13.2. The van der Waals surface area contributed by atoms with Crippen molar-refractivity contribution in [2.45, 2.75) is 48.2 Å². The normalized spacial score (nSPS) is 24.9. The number of benzene rings is 1. The minimum absolute atomic E-state index is 0.206. The van der Waals surface area contributed by atoms with Crippen LogP contribution in [0.25, 0.3) is 0 Å². The fraction of sp³-hybridized carbons (Fsp3) is 0.667. The summed E-state index contributed by atoms with van der Waals surface area (Å²) < 4.78 is 61.0. The maximum atomic E-state index is 13.2. The minimum Gasteiger partial charge on any atom is -0.355 e. The van der Waals surface area contributed by atoms with Gasteiger partial charge >= 0.3 is 0 Å². The molecule has 1 fully saturated rings. The van der Waals surface area contributed by atoms with Crippen molar-refractivity contribution in [2.24, 2.45) is 0 Å². The summed E-state index contributed by atoms with van der Waals surface area (Å²) in [6, 6.07) is 4.54.